The highest BCUT2D eigenvalue weighted by molar-refractivity contribution is 5.82. The Balaban J connectivity index is 1.45. The van der Waals surface area contributed by atoms with E-state index in [1.165, 1.54) is 22.4 Å². The summed E-state index contributed by atoms with van der Waals surface area (Å²) >= 11 is 0. The number of anilines is 1. The second-order valence-corrected chi connectivity index (χ2v) is 8.52. The van der Waals surface area contributed by atoms with Gasteiger partial charge in [-0.05, 0) is 43.9 Å². The number of morpholine rings is 1. The van der Waals surface area contributed by atoms with Crippen molar-refractivity contribution in [1.29, 1.82) is 0 Å². The van der Waals surface area contributed by atoms with Gasteiger partial charge in [-0.25, -0.2) is 0 Å². The first kappa shape index (κ1) is 20.9. The van der Waals surface area contributed by atoms with E-state index in [4.69, 9.17) is 4.74 Å². The van der Waals surface area contributed by atoms with Gasteiger partial charge in [-0.2, -0.15) is 0 Å². The van der Waals surface area contributed by atoms with E-state index >= 15 is 0 Å². The van der Waals surface area contributed by atoms with Crippen molar-refractivity contribution in [2.24, 2.45) is 0 Å². The highest BCUT2D eigenvalue weighted by Crippen LogP contribution is 2.28. The number of hydrogen-bond donors (Lipinski definition) is 1. The maximum absolute atomic E-state index is 13.0. The van der Waals surface area contributed by atoms with Crippen LogP contribution in [-0.2, 0) is 16.0 Å². The maximum atomic E-state index is 13.0. The van der Waals surface area contributed by atoms with Crippen LogP contribution in [0.25, 0.3) is 0 Å². The normalized spacial score (nSPS) is 19.1. The molecule has 2 heterocycles. The Morgan fingerprint density at radius 1 is 1.10 bits per heavy atom. The van der Waals surface area contributed by atoms with Gasteiger partial charge in [-0.15, -0.1) is 0 Å². The molecule has 0 saturated carbocycles. The fraction of sp³-hybridized carbons (Fsp3) is 0.480. The number of ether oxygens (including phenoxy) is 1. The molecule has 2 aliphatic heterocycles. The number of benzene rings is 2. The minimum Gasteiger partial charge on any atom is -0.379 e. The van der Waals surface area contributed by atoms with E-state index in [1.54, 1.807) is 0 Å². The lowest BCUT2D eigenvalue weighted by atomic mass is 9.97. The van der Waals surface area contributed by atoms with Gasteiger partial charge in [0.05, 0.1) is 25.8 Å². The number of nitrogens with zero attached hydrogens (tertiary/aromatic N) is 2. The van der Waals surface area contributed by atoms with Crippen molar-refractivity contribution < 1.29 is 9.53 Å². The molecule has 2 atom stereocenters. The quantitative estimate of drug-likeness (QED) is 0.798. The van der Waals surface area contributed by atoms with E-state index in [0.717, 1.165) is 45.7 Å². The zero-order valence-electron chi connectivity index (χ0n) is 18.1. The predicted octanol–water partition coefficient (Wildman–Crippen LogP) is 3.33. The molecule has 1 N–H and O–H groups in total. The minimum absolute atomic E-state index is 0.0141. The summed E-state index contributed by atoms with van der Waals surface area (Å²) in [4.78, 5) is 17.7. The molecule has 2 aliphatic rings. The first-order valence-electron chi connectivity index (χ1n) is 11.1. The van der Waals surface area contributed by atoms with Gasteiger partial charge in [0.2, 0.25) is 5.91 Å². The van der Waals surface area contributed by atoms with E-state index in [9.17, 15) is 4.79 Å². The summed E-state index contributed by atoms with van der Waals surface area (Å²) in [5.41, 5.74) is 5.09. The van der Waals surface area contributed by atoms with Crippen LogP contribution in [0.2, 0.25) is 0 Å². The van der Waals surface area contributed by atoms with Crippen LogP contribution >= 0.6 is 0 Å². The number of amides is 1. The number of fused-ring (bicyclic) bond motifs is 1. The van der Waals surface area contributed by atoms with Gasteiger partial charge >= 0.3 is 0 Å². The molecule has 1 saturated heterocycles. The average molecular weight is 408 g/mol. The van der Waals surface area contributed by atoms with E-state index in [2.05, 4.69) is 71.4 Å². The summed E-state index contributed by atoms with van der Waals surface area (Å²) < 4.78 is 5.55. The molecular weight excluding hydrogens is 374 g/mol. The Hall–Kier alpha value is -2.37. The minimum atomic E-state index is 0.0141. The van der Waals surface area contributed by atoms with E-state index < -0.39 is 0 Å². The highest BCUT2D eigenvalue weighted by atomic mass is 16.5. The van der Waals surface area contributed by atoms with Crippen LogP contribution < -0.4 is 10.2 Å². The molecule has 5 nitrogen and oxygen atoms in total. The lowest BCUT2D eigenvalue weighted by Crippen LogP contribution is -2.50. The van der Waals surface area contributed by atoms with Crippen molar-refractivity contribution in [3.05, 3.63) is 65.2 Å². The van der Waals surface area contributed by atoms with Crippen LogP contribution in [0, 0.1) is 6.92 Å². The number of rotatable bonds is 6. The molecule has 0 unspecified atom stereocenters. The van der Waals surface area contributed by atoms with Crippen molar-refractivity contribution in [2.45, 2.75) is 38.8 Å². The van der Waals surface area contributed by atoms with Gasteiger partial charge in [0.25, 0.3) is 0 Å². The molecule has 2 aromatic rings. The van der Waals surface area contributed by atoms with Crippen molar-refractivity contribution in [1.82, 2.24) is 10.2 Å². The summed E-state index contributed by atoms with van der Waals surface area (Å²) in [6.07, 6.45) is 2.19. The fourth-order valence-electron chi connectivity index (χ4n) is 4.84. The summed E-state index contributed by atoms with van der Waals surface area (Å²) in [5, 5.41) is 3.30. The van der Waals surface area contributed by atoms with Gasteiger partial charge in [0.15, 0.2) is 0 Å². The molecule has 0 bridgehead atoms. The Bertz CT molecular complexity index is 849. The first-order valence-corrected chi connectivity index (χ1v) is 11.1. The lowest BCUT2D eigenvalue weighted by molar-refractivity contribution is -0.121. The van der Waals surface area contributed by atoms with Crippen molar-refractivity contribution >= 4 is 11.6 Å². The van der Waals surface area contributed by atoms with Crippen LogP contribution in [0.3, 0.4) is 0 Å². The smallest absolute Gasteiger partial charge is 0.239 e. The predicted molar refractivity (Wildman–Crippen MR) is 121 cm³/mol. The molecule has 1 amide bonds. The monoisotopic (exact) mass is 407 g/mol. The molecule has 30 heavy (non-hydrogen) atoms. The summed E-state index contributed by atoms with van der Waals surface area (Å²) in [5.74, 6) is 0.0881. The fourth-order valence-corrected chi connectivity index (χ4v) is 4.84. The molecule has 4 rings (SSSR count). The van der Waals surface area contributed by atoms with E-state index in [1.807, 2.05) is 6.07 Å². The van der Waals surface area contributed by atoms with E-state index in [0.29, 0.717) is 6.54 Å². The zero-order chi connectivity index (χ0) is 20.9. The second kappa shape index (κ2) is 9.63. The standard InChI is InChI=1S/C25H33N3O2/c1-19-10-11-23-22(17-19)9-6-12-28(23)18-24(29)26-20(2)25(21-7-4-3-5-8-21)27-13-15-30-16-14-27/h3-5,7-8,10-11,17,20,25H,6,9,12-16,18H2,1-2H3,(H,26,29)/t20-,25+/m0/s1. The number of nitrogens with one attached hydrogen (secondary N) is 1. The van der Waals surface area contributed by atoms with E-state index in [-0.39, 0.29) is 18.0 Å². The maximum Gasteiger partial charge on any atom is 0.239 e. The zero-order valence-corrected chi connectivity index (χ0v) is 18.1. The average Bonchev–Trinajstić information content (AvgIpc) is 2.75. The third-order valence-electron chi connectivity index (χ3n) is 6.23. The third kappa shape index (κ3) is 4.85. The Kier molecular flexibility index (Phi) is 6.70. The van der Waals surface area contributed by atoms with Crippen molar-refractivity contribution in [2.75, 3.05) is 44.3 Å². The van der Waals surface area contributed by atoms with Gasteiger partial charge in [-0.1, -0.05) is 48.0 Å². The molecule has 0 radical (unpaired) electrons. The summed E-state index contributed by atoms with van der Waals surface area (Å²) in [7, 11) is 0. The first-order chi connectivity index (χ1) is 14.6. The summed E-state index contributed by atoms with van der Waals surface area (Å²) in [6, 6.07) is 17.2. The largest absolute Gasteiger partial charge is 0.379 e. The topological polar surface area (TPSA) is 44.8 Å². The van der Waals surface area contributed by atoms with Crippen LogP contribution in [0.15, 0.2) is 48.5 Å². The van der Waals surface area contributed by atoms with Gasteiger partial charge in [0, 0.05) is 31.4 Å². The third-order valence-corrected chi connectivity index (χ3v) is 6.23. The number of carbonyl (C=O) groups excluding carboxylic acids is 1. The lowest BCUT2D eigenvalue weighted by Gasteiger charge is -2.39. The Morgan fingerprint density at radius 2 is 1.87 bits per heavy atom. The Morgan fingerprint density at radius 3 is 2.63 bits per heavy atom. The van der Waals surface area contributed by atoms with Crippen LogP contribution in [0.4, 0.5) is 5.69 Å². The second-order valence-electron chi connectivity index (χ2n) is 8.52. The summed E-state index contributed by atoms with van der Waals surface area (Å²) in [6.45, 7) is 8.86. The molecule has 160 valence electrons. The highest BCUT2D eigenvalue weighted by Gasteiger charge is 2.29. The van der Waals surface area contributed by atoms with Crippen LogP contribution in [0.5, 0.6) is 0 Å². The number of aryl methyl sites for hydroxylation is 2. The van der Waals surface area contributed by atoms with Crippen molar-refractivity contribution in [3.8, 4) is 0 Å². The van der Waals surface area contributed by atoms with Crippen LogP contribution in [-0.4, -0.2) is 56.2 Å². The van der Waals surface area contributed by atoms with Crippen LogP contribution in [0.1, 0.15) is 36.1 Å². The molecule has 1 fully saturated rings. The SMILES string of the molecule is Cc1ccc2c(c1)CCCN2CC(=O)N[C@@H](C)[C@H](c1ccccc1)N1CCOCC1. The number of carbonyl (C=O) groups is 1. The number of hydrogen-bond acceptors (Lipinski definition) is 4. The molecule has 0 aliphatic carbocycles. The Labute approximate surface area is 180 Å². The van der Waals surface area contributed by atoms with Gasteiger partial charge in [-0.3, -0.25) is 9.69 Å². The molecular formula is C25H33N3O2. The van der Waals surface area contributed by atoms with Crippen molar-refractivity contribution in [3.63, 3.8) is 0 Å². The van der Waals surface area contributed by atoms with Gasteiger partial charge in [0.1, 0.15) is 0 Å². The molecule has 0 spiro atoms. The molecule has 0 aromatic heterocycles. The molecule has 2 aromatic carbocycles. The molecule has 5 heteroatoms. The van der Waals surface area contributed by atoms with Gasteiger partial charge < -0.3 is 15.0 Å².